The first-order valence-electron chi connectivity index (χ1n) is 18.7. The van der Waals surface area contributed by atoms with E-state index in [2.05, 4.69) is 121 Å². The number of aromatic nitrogens is 3. The van der Waals surface area contributed by atoms with Crippen molar-refractivity contribution in [3.8, 4) is 67.5 Å². The third kappa shape index (κ3) is 5.45. The molecule has 56 heavy (non-hydrogen) atoms. The summed E-state index contributed by atoms with van der Waals surface area (Å²) >= 11 is 0. The number of hydrogen-bond acceptors (Lipinski definition) is 5. The zero-order valence-corrected chi connectivity index (χ0v) is 30.1. The van der Waals surface area contributed by atoms with Crippen LogP contribution >= 0.6 is 0 Å². The average molecular weight is 718 g/mol. The van der Waals surface area contributed by atoms with Gasteiger partial charge >= 0.3 is 0 Å². The second-order valence-corrected chi connectivity index (χ2v) is 14.0. The molecule has 11 rings (SSSR count). The first kappa shape index (κ1) is 31.9. The maximum atomic E-state index is 6.78. The van der Waals surface area contributed by atoms with Crippen LogP contribution in [0.25, 0.3) is 111 Å². The van der Waals surface area contributed by atoms with Crippen LogP contribution in [0.4, 0.5) is 0 Å². The number of benzene rings is 8. The second kappa shape index (κ2) is 13.0. The summed E-state index contributed by atoms with van der Waals surface area (Å²) < 4.78 is 13.2. The Morgan fingerprint density at radius 1 is 0.286 bits per heavy atom. The van der Waals surface area contributed by atoms with Crippen LogP contribution in [0, 0.1) is 0 Å². The predicted molar refractivity (Wildman–Crippen MR) is 227 cm³/mol. The molecular weight excluding hydrogens is 687 g/mol. The molecule has 3 heterocycles. The Morgan fingerprint density at radius 3 is 1.59 bits per heavy atom. The molecule has 11 aromatic rings. The molecule has 0 radical (unpaired) electrons. The van der Waals surface area contributed by atoms with Crippen molar-refractivity contribution in [2.24, 2.45) is 0 Å². The van der Waals surface area contributed by atoms with E-state index in [0.717, 1.165) is 93.9 Å². The molecule has 8 aromatic carbocycles. The number of fused-ring (bicyclic) bond motifs is 6. The lowest BCUT2D eigenvalue weighted by molar-refractivity contribution is 0.668. The molecule has 0 N–H and O–H groups in total. The molecule has 0 amide bonds. The van der Waals surface area contributed by atoms with E-state index in [-0.39, 0.29) is 0 Å². The summed E-state index contributed by atoms with van der Waals surface area (Å²) in [6, 6.07) is 64.5. The molecule has 262 valence electrons. The summed E-state index contributed by atoms with van der Waals surface area (Å²) in [6.07, 6.45) is 0. The number of hydrogen-bond donors (Lipinski definition) is 0. The standard InChI is InChI=1S/C51H31N3O2/c1-4-13-32(14-5-1)33-23-25-36(26-24-33)50-52-49(35-17-8-3-9-18-35)53-51(54-50)42-21-12-20-40-39-28-27-37(30-45(39)56-48(40)42)38-29-43(34-15-6-2-7-16-34)47-41-19-10-11-22-44(41)55-46(47)31-38/h1-31H. The van der Waals surface area contributed by atoms with Crippen molar-refractivity contribution in [2.45, 2.75) is 0 Å². The molecule has 0 bridgehead atoms. The molecule has 5 nitrogen and oxygen atoms in total. The van der Waals surface area contributed by atoms with E-state index in [1.54, 1.807) is 0 Å². The lowest BCUT2D eigenvalue weighted by atomic mass is 9.94. The van der Waals surface area contributed by atoms with E-state index in [1.807, 2.05) is 66.7 Å². The van der Waals surface area contributed by atoms with Gasteiger partial charge in [-0.05, 0) is 69.8 Å². The summed E-state index contributed by atoms with van der Waals surface area (Å²) in [4.78, 5) is 15.1. The summed E-state index contributed by atoms with van der Waals surface area (Å²) in [5.74, 6) is 1.75. The quantitative estimate of drug-likeness (QED) is 0.171. The Bertz CT molecular complexity index is 3220. The summed E-state index contributed by atoms with van der Waals surface area (Å²) in [5, 5.41) is 4.24. The van der Waals surface area contributed by atoms with Crippen molar-refractivity contribution < 1.29 is 8.83 Å². The lowest BCUT2D eigenvalue weighted by Gasteiger charge is -2.09. The van der Waals surface area contributed by atoms with E-state index < -0.39 is 0 Å². The van der Waals surface area contributed by atoms with Gasteiger partial charge < -0.3 is 8.83 Å². The Kier molecular flexibility index (Phi) is 7.42. The van der Waals surface area contributed by atoms with Crippen LogP contribution in [0.1, 0.15) is 0 Å². The summed E-state index contributed by atoms with van der Waals surface area (Å²) in [7, 11) is 0. The van der Waals surface area contributed by atoms with Gasteiger partial charge in [-0.1, -0.05) is 152 Å². The molecule has 0 aliphatic carbocycles. The molecule has 0 unspecified atom stereocenters. The molecule has 0 aliphatic rings. The first-order chi connectivity index (χ1) is 27.7. The Balaban J connectivity index is 1.05. The molecule has 0 atom stereocenters. The first-order valence-corrected chi connectivity index (χ1v) is 18.7. The highest BCUT2D eigenvalue weighted by Crippen LogP contribution is 2.42. The highest BCUT2D eigenvalue weighted by atomic mass is 16.3. The third-order valence-electron chi connectivity index (χ3n) is 10.6. The van der Waals surface area contributed by atoms with Gasteiger partial charge in [-0.2, -0.15) is 0 Å². The highest BCUT2D eigenvalue weighted by Gasteiger charge is 2.20. The molecule has 0 spiro atoms. The number of furan rings is 2. The molecule has 0 aliphatic heterocycles. The summed E-state index contributed by atoms with van der Waals surface area (Å²) in [6.45, 7) is 0. The second-order valence-electron chi connectivity index (χ2n) is 14.0. The monoisotopic (exact) mass is 717 g/mol. The van der Waals surface area contributed by atoms with Crippen molar-refractivity contribution in [3.05, 3.63) is 188 Å². The minimum absolute atomic E-state index is 0.550. The molecule has 0 saturated carbocycles. The molecule has 0 fully saturated rings. The van der Waals surface area contributed by atoms with E-state index in [9.17, 15) is 0 Å². The largest absolute Gasteiger partial charge is 0.456 e. The van der Waals surface area contributed by atoms with Gasteiger partial charge in [0.05, 0.1) is 5.56 Å². The maximum Gasteiger partial charge on any atom is 0.167 e. The van der Waals surface area contributed by atoms with Gasteiger partial charge in [-0.15, -0.1) is 0 Å². The van der Waals surface area contributed by atoms with E-state index in [4.69, 9.17) is 23.8 Å². The van der Waals surface area contributed by atoms with Crippen LogP contribution in [0.3, 0.4) is 0 Å². The van der Waals surface area contributed by atoms with Crippen LogP contribution in [0.2, 0.25) is 0 Å². The fourth-order valence-electron chi connectivity index (χ4n) is 7.80. The van der Waals surface area contributed by atoms with E-state index >= 15 is 0 Å². The third-order valence-corrected chi connectivity index (χ3v) is 10.6. The average Bonchev–Trinajstić information content (AvgIpc) is 3.85. The van der Waals surface area contributed by atoms with Gasteiger partial charge in [0, 0.05) is 32.7 Å². The zero-order valence-electron chi connectivity index (χ0n) is 30.1. The molecular formula is C51H31N3O2. The topological polar surface area (TPSA) is 65.0 Å². The Labute approximate surface area is 322 Å². The lowest BCUT2D eigenvalue weighted by Crippen LogP contribution is -2.00. The van der Waals surface area contributed by atoms with Crippen LogP contribution in [0.15, 0.2) is 197 Å². The van der Waals surface area contributed by atoms with Gasteiger partial charge in [-0.3, -0.25) is 0 Å². The Morgan fingerprint density at radius 2 is 0.839 bits per heavy atom. The zero-order chi connectivity index (χ0) is 37.0. The number of nitrogens with zero attached hydrogens (tertiary/aromatic N) is 3. The molecule has 0 saturated heterocycles. The smallest absolute Gasteiger partial charge is 0.167 e. The Hall–Kier alpha value is -7.63. The van der Waals surface area contributed by atoms with Crippen LogP contribution < -0.4 is 0 Å². The van der Waals surface area contributed by atoms with Crippen molar-refractivity contribution in [3.63, 3.8) is 0 Å². The maximum absolute atomic E-state index is 6.78. The van der Waals surface area contributed by atoms with Gasteiger partial charge in [0.2, 0.25) is 0 Å². The minimum Gasteiger partial charge on any atom is -0.456 e. The summed E-state index contributed by atoms with van der Waals surface area (Å²) in [5.41, 5.74) is 12.5. The predicted octanol–water partition coefficient (Wildman–Crippen LogP) is 13.7. The highest BCUT2D eigenvalue weighted by molar-refractivity contribution is 6.14. The fourth-order valence-corrected chi connectivity index (χ4v) is 7.80. The van der Waals surface area contributed by atoms with Gasteiger partial charge in [0.25, 0.3) is 0 Å². The van der Waals surface area contributed by atoms with Crippen molar-refractivity contribution in [2.75, 3.05) is 0 Å². The van der Waals surface area contributed by atoms with Crippen molar-refractivity contribution in [1.29, 1.82) is 0 Å². The van der Waals surface area contributed by atoms with Gasteiger partial charge in [0.1, 0.15) is 22.3 Å². The van der Waals surface area contributed by atoms with Crippen LogP contribution in [-0.2, 0) is 0 Å². The molecule has 5 heteroatoms. The van der Waals surface area contributed by atoms with Crippen molar-refractivity contribution >= 4 is 43.9 Å². The van der Waals surface area contributed by atoms with E-state index in [0.29, 0.717) is 17.5 Å². The normalized spacial score (nSPS) is 11.6. The van der Waals surface area contributed by atoms with Gasteiger partial charge in [0.15, 0.2) is 17.5 Å². The van der Waals surface area contributed by atoms with Gasteiger partial charge in [-0.25, -0.2) is 15.0 Å². The van der Waals surface area contributed by atoms with Crippen molar-refractivity contribution in [1.82, 2.24) is 15.0 Å². The fraction of sp³-hybridized carbons (Fsp3) is 0. The number of rotatable bonds is 6. The minimum atomic E-state index is 0.550. The van der Waals surface area contributed by atoms with E-state index in [1.165, 1.54) is 0 Å². The number of para-hydroxylation sites is 2. The van der Waals surface area contributed by atoms with Crippen LogP contribution in [0.5, 0.6) is 0 Å². The van der Waals surface area contributed by atoms with Crippen LogP contribution in [-0.4, -0.2) is 15.0 Å². The molecule has 3 aromatic heterocycles. The SMILES string of the molecule is c1ccc(-c2ccc(-c3nc(-c4ccccc4)nc(-c4cccc5c4oc4cc(-c6cc(-c7ccccc7)c7c(c6)oc6ccccc67)ccc45)n3)cc2)cc1.